The first-order valence-corrected chi connectivity index (χ1v) is 19.4. The molecule has 0 saturated carbocycles. The number of carbonyl (C=O) groups is 1. The summed E-state index contributed by atoms with van der Waals surface area (Å²) in [6.45, 7) is 14.8. The van der Waals surface area contributed by atoms with Crippen LogP contribution in [0.4, 0.5) is 0 Å². The molecule has 50 heavy (non-hydrogen) atoms. The van der Waals surface area contributed by atoms with Crippen molar-refractivity contribution in [2.45, 2.75) is 195 Å². The molecule has 9 aliphatic heterocycles. The Bertz CT molecular complexity index is 1220. The highest BCUT2D eigenvalue weighted by Crippen LogP contribution is 2.54. The van der Waals surface area contributed by atoms with Gasteiger partial charge in [0.05, 0.1) is 61.5 Å². The van der Waals surface area contributed by atoms with Crippen molar-refractivity contribution in [3.8, 4) is 0 Å². The van der Waals surface area contributed by atoms with E-state index in [0.717, 1.165) is 70.8 Å². The number of Topliss-reactive ketones (excluding diaryl/α,β-unsaturated/α-hetero) is 1. The van der Waals surface area contributed by atoms with E-state index in [2.05, 4.69) is 27.0 Å². The summed E-state index contributed by atoms with van der Waals surface area (Å²) in [7, 11) is 0. The molecular weight excluding hydrogens is 644 g/mol. The molecule has 0 aliphatic carbocycles. The Kier molecular flexibility index (Phi) is 11.6. The van der Waals surface area contributed by atoms with E-state index in [1.807, 2.05) is 0 Å². The number of hydrogen-bond donors (Lipinski definition) is 2. The molecule has 0 aromatic heterocycles. The van der Waals surface area contributed by atoms with Crippen LogP contribution in [0.25, 0.3) is 0 Å². The predicted octanol–water partition coefficient (Wildman–Crippen LogP) is 4.48. The van der Waals surface area contributed by atoms with Gasteiger partial charge in [0.25, 0.3) is 0 Å². The van der Waals surface area contributed by atoms with Crippen molar-refractivity contribution >= 4 is 5.78 Å². The smallest absolute Gasteiger partial charge is 0.172 e. The van der Waals surface area contributed by atoms with Gasteiger partial charge in [-0.3, -0.25) is 4.79 Å². The fourth-order valence-corrected chi connectivity index (χ4v) is 9.48. The number of fused-ring (bicyclic) bond motifs is 1. The minimum Gasteiger partial charge on any atom is -0.394 e. The lowest BCUT2D eigenvalue weighted by Gasteiger charge is -2.47. The molecule has 9 saturated heterocycles. The number of hydrogen-bond acceptors (Lipinski definition) is 11. The molecule has 0 aromatic carbocycles. The summed E-state index contributed by atoms with van der Waals surface area (Å²) in [5.74, 6) is -0.152. The van der Waals surface area contributed by atoms with Crippen molar-refractivity contribution < 1.29 is 52.9 Å². The van der Waals surface area contributed by atoms with Crippen LogP contribution in [0.15, 0.2) is 24.3 Å². The SMILES string of the molecule is C=C1CC(CC[C@@]23C[C@H]4OC5C(O2)[C@H]2OC(CC(=O)CC6CCO[C@H]6C)CCC2O[C@H]5C4O3)O[C@H]1CC[C@H]1CCC(=C)[C@@H](C)O1.CC(O)CO. The monoisotopic (exact) mass is 704 g/mol. The number of ether oxygens (including phenoxy) is 8. The van der Waals surface area contributed by atoms with Gasteiger partial charge >= 0.3 is 0 Å². The van der Waals surface area contributed by atoms with Crippen LogP contribution >= 0.6 is 0 Å². The van der Waals surface area contributed by atoms with Gasteiger partial charge in [0.15, 0.2) is 5.79 Å². The zero-order valence-corrected chi connectivity index (χ0v) is 30.2. The molecule has 2 N–H and O–H groups in total. The van der Waals surface area contributed by atoms with E-state index in [1.165, 1.54) is 18.1 Å². The van der Waals surface area contributed by atoms with Crippen LogP contribution in [0.1, 0.15) is 104 Å². The second kappa shape index (κ2) is 15.6. The molecule has 11 nitrogen and oxygen atoms in total. The quantitative estimate of drug-likeness (QED) is 0.295. The third kappa shape index (κ3) is 7.98. The lowest BCUT2D eigenvalue weighted by molar-refractivity contribution is -0.292. The Morgan fingerprint density at radius 2 is 1.58 bits per heavy atom. The van der Waals surface area contributed by atoms with Gasteiger partial charge in [-0.15, -0.1) is 0 Å². The van der Waals surface area contributed by atoms with Gasteiger partial charge in [0.2, 0.25) is 0 Å². The molecule has 0 amide bonds. The number of rotatable bonds is 11. The summed E-state index contributed by atoms with van der Waals surface area (Å²) < 4.78 is 51.9. The van der Waals surface area contributed by atoms with E-state index in [1.54, 1.807) is 0 Å². The minimum absolute atomic E-state index is 0.0284. The molecule has 6 bridgehead atoms. The van der Waals surface area contributed by atoms with Crippen molar-refractivity contribution in [3.05, 3.63) is 24.3 Å². The van der Waals surface area contributed by atoms with Gasteiger partial charge < -0.3 is 48.1 Å². The van der Waals surface area contributed by atoms with E-state index in [4.69, 9.17) is 48.1 Å². The van der Waals surface area contributed by atoms with E-state index >= 15 is 0 Å². The largest absolute Gasteiger partial charge is 0.394 e. The standard InChI is InChI=1S/C36H52O9.C3H8O2/c1-19-5-6-25(39-21(19)3)7-9-28-20(2)15-27(40-28)11-13-36-18-30-32(44-36)33-34(43-30)35(45-36)31-29(42-33)10-8-26(41-31)17-24(37)16-23-12-14-38-22(23)4;1-3(5)2-4/h21-23,25-35H,1-2,5-18H2,3-4H3;3-5H,2H2,1H3/t21-,22+,23?,25-,26?,27?,28+,29?,30-,31+,32?,33+,34?,35?,36+;/m1./s1. The maximum Gasteiger partial charge on any atom is 0.172 e. The van der Waals surface area contributed by atoms with E-state index < -0.39 is 11.9 Å². The molecule has 16 atom stereocenters. The Labute approximate surface area is 297 Å². The van der Waals surface area contributed by atoms with Gasteiger partial charge in [0.1, 0.15) is 36.3 Å². The molecule has 0 radical (unpaired) electrons. The Hall–Kier alpha value is -1.25. The van der Waals surface area contributed by atoms with E-state index in [-0.39, 0.29) is 91.7 Å². The van der Waals surface area contributed by atoms with Crippen LogP contribution in [-0.2, 0) is 42.7 Å². The summed E-state index contributed by atoms with van der Waals surface area (Å²) in [6.07, 6.45) is 9.78. The summed E-state index contributed by atoms with van der Waals surface area (Å²) in [6, 6.07) is 0. The number of aliphatic hydroxyl groups is 2. The van der Waals surface area contributed by atoms with Crippen molar-refractivity contribution in [2.24, 2.45) is 5.92 Å². The molecule has 9 fully saturated rings. The van der Waals surface area contributed by atoms with E-state index in [9.17, 15) is 4.79 Å². The molecule has 0 spiro atoms. The highest BCUT2D eigenvalue weighted by Gasteiger charge is 2.68. The molecular formula is C39H60O11. The lowest BCUT2D eigenvalue weighted by Crippen LogP contribution is -2.61. The maximum atomic E-state index is 13.0. The lowest BCUT2D eigenvalue weighted by atomic mass is 9.86. The molecule has 9 aliphatic rings. The van der Waals surface area contributed by atoms with E-state index in [0.29, 0.717) is 25.2 Å². The number of carbonyl (C=O) groups excluding carboxylic acids is 1. The second-order valence-electron chi connectivity index (χ2n) is 16.3. The fourth-order valence-electron chi connectivity index (χ4n) is 9.48. The summed E-state index contributed by atoms with van der Waals surface area (Å²) in [4.78, 5) is 13.0. The zero-order chi connectivity index (χ0) is 35.2. The van der Waals surface area contributed by atoms with Gasteiger partial charge in [-0.2, -0.15) is 0 Å². The Morgan fingerprint density at radius 1 is 0.820 bits per heavy atom. The first-order chi connectivity index (χ1) is 24.0. The predicted molar refractivity (Wildman–Crippen MR) is 182 cm³/mol. The average Bonchev–Trinajstić information content (AvgIpc) is 3.80. The molecule has 9 rings (SSSR count). The third-order valence-corrected chi connectivity index (χ3v) is 12.4. The molecule has 282 valence electrons. The minimum atomic E-state index is -0.732. The summed E-state index contributed by atoms with van der Waals surface area (Å²) in [5, 5.41) is 16.0. The highest BCUT2D eigenvalue weighted by atomic mass is 16.8. The van der Waals surface area contributed by atoms with Crippen LogP contribution in [0.5, 0.6) is 0 Å². The fraction of sp³-hybridized carbons (Fsp3) is 0.872. The maximum absolute atomic E-state index is 13.0. The topological polar surface area (TPSA) is 131 Å². The van der Waals surface area contributed by atoms with Crippen LogP contribution in [0.2, 0.25) is 0 Å². The van der Waals surface area contributed by atoms with Crippen molar-refractivity contribution in [3.63, 3.8) is 0 Å². The Morgan fingerprint density at radius 3 is 2.32 bits per heavy atom. The number of aliphatic hydroxyl groups excluding tert-OH is 2. The molecule has 8 unspecified atom stereocenters. The first kappa shape index (κ1) is 37.1. The molecule has 0 aromatic rings. The normalized spacial score (nSPS) is 46.7. The van der Waals surface area contributed by atoms with Gasteiger partial charge in [-0.25, -0.2) is 0 Å². The van der Waals surface area contributed by atoms with Crippen molar-refractivity contribution in [1.29, 1.82) is 0 Å². The van der Waals surface area contributed by atoms with Crippen molar-refractivity contribution in [1.82, 2.24) is 0 Å². The third-order valence-electron chi connectivity index (χ3n) is 12.4. The van der Waals surface area contributed by atoms with Crippen molar-refractivity contribution in [2.75, 3.05) is 13.2 Å². The first-order valence-electron chi connectivity index (χ1n) is 19.4. The van der Waals surface area contributed by atoms with Crippen LogP contribution in [-0.4, -0.2) is 120 Å². The van der Waals surface area contributed by atoms with Gasteiger partial charge in [-0.05, 0) is 95.6 Å². The van der Waals surface area contributed by atoms with Crippen LogP contribution < -0.4 is 0 Å². The van der Waals surface area contributed by atoms with Crippen LogP contribution in [0, 0.1) is 5.92 Å². The highest BCUT2D eigenvalue weighted by molar-refractivity contribution is 5.79. The molecule has 11 heteroatoms. The Balaban J connectivity index is 0.000000734. The summed E-state index contributed by atoms with van der Waals surface area (Å²) in [5.41, 5.74) is 2.38. The second-order valence-corrected chi connectivity index (χ2v) is 16.3. The average molecular weight is 705 g/mol. The summed E-state index contributed by atoms with van der Waals surface area (Å²) >= 11 is 0. The van der Waals surface area contributed by atoms with Gasteiger partial charge in [0, 0.05) is 32.3 Å². The molecule has 9 heterocycles. The van der Waals surface area contributed by atoms with Gasteiger partial charge in [-0.1, -0.05) is 13.2 Å². The van der Waals surface area contributed by atoms with Crippen LogP contribution in [0.3, 0.4) is 0 Å². The zero-order valence-electron chi connectivity index (χ0n) is 30.2. The number of ketones is 1.